The molecule has 1 atom stereocenters. The second-order valence-corrected chi connectivity index (χ2v) is 4.75. The molecule has 2 nitrogen and oxygen atoms in total. The quantitative estimate of drug-likeness (QED) is 0.862. The van der Waals surface area contributed by atoms with E-state index in [9.17, 15) is 9.18 Å². The maximum Gasteiger partial charge on any atom is 0.313 e. The highest BCUT2D eigenvalue weighted by atomic mass is 79.9. The van der Waals surface area contributed by atoms with Crippen LogP contribution in [0.1, 0.15) is 12.5 Å². The van der Waals surface area contributed by atoms with Gasteiger partial charge in [-0.05, 0) is 37.1 Å². The zero-order valence-electron chi connectivity index (χ0n) is 8.84. The van der Waals surface area contributed by atoms with Gasteiger partial charge in [0.05, 0.1) is 5.41 Å². The van der Waals surface area contributed by atoms with Gasteiger partial charge in [-0.2, -0.15) is 0 Å². The van der Waals surface area contributed by atoms with Crippen LogP contribution in [0.2, 0.25) is 0 Å². The van der Waals surface area contributed by atoms with E-state index >= 15 is 0 Å². The maximum absolute atomic E-state index is 13.5. The number of hydrogen-bond donors (Lipinski definition) is 1. The average molecular weight is 287 g/mol. The van der Waals surface area contributed by atoms with Crippen molar-refractivity contribution < 1.29 is 14.3 Å². The van der Waals surface area contributed by atoms with E-state index in [1.807, 2.05) is 0 Å². The van der Waals surface area contributed by atoms with E-state index in [0.29, 0.717) is 5.56 Å². The van der Waals surface area contributed by atoms with Crippen molar-refractivity contribution >= 4 is 21.9 Å². The number of benzene rings is 1. The van der Waals surface area contributed by atoms with Crippen molar-refractivity contribution in [3.05, 3.63) is 46.7 Å². The minimum Gasteiger partial charge on any atom is -0.481 e. The number of carbonyl (C=O) groups is 1. The van der Waals surface area contributed by atoms with E-state index in [4.69, 9.17) is 5.11 Å². The standard InChI is InChI=1S/C12H12BrFO2/c1-3-12(2,11(15)16)7-8-6-9(13)4-5-10(8)14/h3-6H,1,7H2,2H3,(H,15,16). The molecule has 0 heterocycles. The van der Waals surface area contributed by atoms with Gasteiger partial charge in [0, 0.05) is 4.47 Å². The Balaban J connectivity index is 3.07. The fraction of sp³-hybridized carbons (Fsp3) is 0.250. The molecular weight excluding hydrogens is 275 g/mol. The molecule has 0 spiro atoms. The summed E-state index contributed by atoms with van der Waals surface area (Å²) in [5, 5.41) is 9.05. The molecule has 0 saturated heterocycles. The molecule has 0 fully saturated rings. The van der Waals surface area contributed by atoms with Crippen LogP contribution in [0.5, 0.6) is 0 Å². The predicted octanol–water partition coefficient (Wildman–Crippen LogP) is 3.41. The highest BCUT2D eigenvalue weighted by molar-refractivity contribution is 9.10. The number of rotatable bonds is 4. The monoisotopic (exact) mass is 286 g/mol. The first-order valence-corrected chi connectivity index (χ1v) is 5.49. The van der Waals surface area contributed by atoms with Gasteiger partial charge in [0.2, 0.25) is 0 Å². The number of hydrogen-bond acceptors (Lipinski definition) is 1. The van der Waals surface area contributed by atoms with Gasteiger partial charge in [-0.25, -0.2) is 4.39 Å². The Morgan fingerprint density at radius 1 is 1.69 bits per heavy atom. The van der Waals surface area contributed by atoms with E-state index in [1.165, 1.54) is 19.1 Å². The number of carboxylic acid groups (broad SMARTS) is 1. The summed E-state index contributed by atoms with van der Waals surface area (Å²) >= 11 is 3.22. The summed E-state index contributed by atoms with van der Waals surface area (Å²) in [6, 6.07) is 4.47. The van der Waals surface area contributed by atoms with Crippen LogP contribution in [0.25, 0.3) is 0 Å². The zero-order valence-corrected chi connectivity index (χ0v) is 10.4. The fourth-order valence-electron chi connectivity index (χ4n) is 1.31. The van der Waals surface area contributed by atoms with Crippen molar-refractivity contribution in [1.82, 2.24) is 0 Å². The molecule has 0 amide bonds. The second kappa shape index (κ2) is 4.78. The molecule has 0 saturated carbocycles. The molecule has 1 aromatic carbocycles. The van der Waals surface area contributed by atoms with Crippen LogP contribution in [-0.2, 0) is 11.2 Å². The van der Waals surface area contributed by atoms with Crippen molar-refractivity contribution in [2.45, 2.75) is 13.3 Å². The molecule has 16 heavy (non-hydrogen) atoms. The molecule has 0 aromatic heterocycles. The molecule has 0 radical (unpaired) electrons. The average Bonchev–Trinajstić information content (AvgIpc) is 2.23. The van der Waals surface area contributed by atoms with E-state index in [-0.39, 0.29) is 6.42 Å². The lowest BCUT2D eigenvalue weighted by molar-refractivity contribution is -0.145. The molecule has 86 valence electrons. The van der Waals surface area contributed by atoms with Gasteiger partial charge < -0.3 is 5.11 Å². The highest BCUT2D eigenvalue weighted by Crippen LogP contribution is 2.27. The Hall–Kier alpha value is -1.16. The van der Waals surface area contributed by atoms with Gasteiger partial charge in [0.25, 0.3) is 0 Å². The minimum absolute atomic E-state index is 0.0805. The number of halogens is 2. The maximum atomic E-state index is 13.5. The minimum atomic E-state index is -1.15. The Labute approximate surface area is 102 Å². The first-order valence-electron chi connectivity index (χ1n) is 4.70. The molecule has 1 aromatic rings. The van der Waals surface area contributed by atoms with Crippen LogP contribution >= 0.6 is 15.9 Å². The van der Waals surface area contributed by atoms with Crippen molar-refractivity contribution in [2.75, 3.05) is 0 Å². The summed E-state index contributed by atoms with van der Waals surface area (Å²) in [5.74, 6) is -1.42. The lowest BCUT2D eigenvalue weighted by Gasteiger charge is -2.20. The van der Waals surface area contributed by atoms with Crippen LogP contribution in [-0.4, -0.2) is 11.1 Å². The second-order valence-electron chi connectivity index (χ2n) is 3.84. The molecule has 1 unspecified atom stereocenters. The summed E-state index contributed by atoms with van der Waals surface area (Å²) in [6.07, 6.45) is 1.41. The van der Waals surface area contributed by atoms with Crippen LogP contribution in [0.3, 0.4) is 0 Å². The summed E-state index contributed by atoms with van der Waals surface area (Å²) in [4.78, 5) is 11.0. The molecule has 0 aliphatic carbocycles. The van der Waals surface area contributed by atoms with Crippen LogP contribution in [0.4, 0.5) is 4.39 Å². The molecule has 0 bridgehead atoms. The van der Waals surface area contributed by atoms with Gasteiger partial charge in [-0.3, -0.25) is 4.79 Å². The van der Waals surface area contributed by atoms with Crippen LogP contribution < -0.4 is 0 Å². The third-order valence-electron chi connectivity index (χ3n) is 2.50. The third-order valence-corrected chi connectivity index (χ3v) is 3.00. The van der Waals surface area contributed by atoms with Gasteiger partial charge in [-0.1, -0.05) is 22.0 Å². The van der Waals surface area contributed by atoms with E-state index in [1.54, 1.807) is 12.1 Å². The number of carboxylic acids is 1. The first kappa shape index (κ1) is 12.9. The van der Waals surface area contributed by atoms with Gasteiger partial charge >= 0.3 is 5.97 Å². The molecule has 1 N–H and O–H groups in total. The van der Waals surface area contributed by atoms with Crippen LogP contribution in [0.15, 0.2) is 35.3 Å². The van der Waals surface area contributed by atoms with Gasteiger partial charge in [0.1, 0.15) is 5.82 Å². The first-order chi connectivity index (χ1) is 7.39. The van der Waals surface area contributed by atoms with Crippen molar-refractivity contribution in [3.8, 4) is 0 Å². The molecule has 1 rings (SSSR count). The SMILES string of the molecule is C=CC(C)(Cc1cc(Br)ccc1F)C(=O)O. The highest BCUT2D eigenvalue weighted by Gasteiger charge is 2.30. The smallest absolute Gasteiger partial charge is 0.313 e. The summed E-state index contributed by atoms with van der Waals surface area (Å²) in [6.45, 7) is 5.00. The van der Waals surface area contributed by atoms with Gasteiger partial charge in [0.15, 0.2) is 0 Å². The Morgan fingerprint density at radius 3 is 2.81 bits per heavy atom. The summed E-state index contributed by atoms with van der Waals surface area (Å²) in [5.41, 5.74) is -0.791. The van der Waals surface area contributed by atoms with Gasteiger partial charge in [-0.15, -0.1) is 6.58 Å². The molecule has 4 heteroatoms. The third kappa shape index (κ3) is 2.70. The Bertz CT molecular complexity index is 431. The topological polar surface area (TPSA) is 37.3 Å². The molecule has 0 aliphatic rings. The van der Waals surface area contributed by atoms with Crippen molar-refractivity contribution in [1.29, 1.82) is 0 Å². The van der Waals surface area contributed by atoms with Crippen LogP contribution in [0, 0.1) is 11.2 Å². The lowest BCUT2D eigenvalue weighted by Crippen LogP contribution is -2.27. The van der Waals surface area contributed by atoms with E-state index < -0.39 is 17.2 Å². The largest absolute Gasteiger partial charge is 0.481 e. The Kier molecular flexibility index (Phi) is 3.86. The van der Waals surface area contributed by atoms with E-state index in [0.717, 1.165) is 4.47 Å². The zero-order chi connectivity index (χ0) is 12.3. The molecule has 0 aliphatic heterocycles. The van der Waals surface area contributed by atoms with Crippen molar-refractivity contribution in [2.24, 2.45) is 5.41 Å². The number of aliphatic carboxylic acids is 1. The Morgan fingerprint density at radius 2 is 2.31 bits per heavy atom. The fourth-order valence-corrected chi connectivity index (χ4v) is 1.72. The van der Waals surface area contributed by atoms with Crippen molar-refractivity contribution in [3.63, 3.8) is 0 Å². The molecular formula is C12H12BrFO2. The van der Waals surface area contributed by atoms with E-state index in [2.05, 4.69) is 22.5 Å². The lowest BCUT2D eigenvalue weighted by atomic mass is 9.84. The normalized spacial score (nSPS) is 14.2. The predicted molar refractivity (Wildman–Crippen MR) is 63.7 cm³/mol. The summed E-state index contributed by atoms with van der Waals surface area (Å²) in [7, 11) is 0. The summed E-state index contributed by atoms with van der Waals surface area (Å²) < 4.78 is 14.2.